The van der Waals surface area contributed by atoms with Crippen molar-refractivity contribution >= 4 is 61.4 Å². The second-order valence-corrected chi connectivity index (χ2v) is 11.0. The lowest BCUT2D eigenvalue weighted by molar-refractivity contribution is -0.139. The van der Waals surface area contributed by atoms with Gasteiger partial charge < -0.3 is 9.84 Å². The fraction of sp³-hybridized carbons (Fsp3) is 0.200. The van der Waals surface area contributed by atoms with Crippen LogP contribution in [0.1, 0.15) is 51.8 Å². The molecule has 10 heteroatoms. The van der Waals surface area contributed by atoms with Crippen molar-refractivity contribution in [2.45, 2.75) is 31.3 Å². The first-order valence-corrected chi connectivity index (χ1v) is 13.0. The Bertz CT molecular complexity index is 1510. The van der Waals surface area contributed by atoms with Gasteiger partial charge in [0.15, 0.2) is 5.69 Å². The molecule has 1 unspecified atom stereocenters. The van der Waals surface area contributed by atoms with Crippen LogP contribution in [0.5, 0.6) is 0 Å². The summed E-state index contributed by atoms with van der Waals surface area (Å²) in [5.74, 6) is 5.32. The molecule has 3 heterocycles. The van der Waals surface area contributed by atoms with Crippen LogP contribution in [0.2, 0.25) is 0 Å². The maximum atomic E-state index is 12.5. The molecule has 1 aliphatic carbocycles. The summed E-state index contributed by atoms with van der Waals surface area (Å²) in [6, 6.07) is 15.2. The SMILES string of the molecule is CC(OC(=O)Nc1c(C#N)nsc1C#Cc1cc2sc(C3(C(=O)O)CC3)cc2s1)c1ccccc1. The quantitative estimate of drug-likeness (QED) is 0.307. The molecule has 5 rings (SSSR count). The molecule has 1 atom stereocenters. The number of carbonyl (C=O) groups is 2. The minimum absolute atomic E-state index is 0.0730. The van der Waals surface area contributed by atoms with E-state index in [1.807, 2.05) is 48.5 Å². The van der Waals surface area contributed by atoms with Gasteiger partial charge in [-0.25, -0.2) is 4.79 Å². The van der Waals surface area contributed by atoms with Crippen molar-refractivity contribution in [3.63, 3.8) is 0 Å². The number of rotatable bonds is 5. The zero-order valence-corrected chi connectivity index (χ0v) is 20.8. The second kappa shape index (κ2) is 9.16. The molecule has 4 aromatic rings. The van der Waals surface area contributed by atoms with Crippen molar-refractivity contribution in [3.8, 4) is 17.9 Å². The van der Waals surface area contributed by atoms with Crippen LogP contribution in [0.15, 0.2) is 42.5 Å². The molecule has 3 aromatic heterocycles. The highest BCUT2D eigenvalue weighted by atomic mass is 32.1. The summed E-state index contributed by atoms with van der Waals surface area (Å²) >= 11 is 4.01. The van der Waals surface area contributed by atoms with E-state index in [1.54, 1.807) is 6.92 Å². The number of hydrogen-bond donors (Lipinski definition) is 2. The van der Waals surface area contributed by atoms with E-state index >= 15 is 0 Å². The molecule has 35 heavy (non-hydrogen) atoms. The molecular formula is C25H17N3O4S3. The van der Waals surface area contributed by atoms with Crippen LogP contribution in [0, 0.1) is 23.2 Å². The highest BCUT2D eigenvalue weighted by molar-refractivity contribution is 7.28. The van der Waals surface area contributed by atoms with E-state index in [0.29, 0.717) is 17.7 Å². The molecule has 2 N–H and O–H groups in total. The van der Waals surface area contributed by atoms with Gasteiger partial charge >= 0.3 is 12.1 Å². The standard InChI is InChI=1S/C25H17N3O4S3/c1-14(15-5-3-2-4-6-15)32-24(31)27-22-17(13-26)28-35-18(22)8-7-16-11-19-20(33-16)12-21(34-19)25(9-10-25)23(29)30/h2-6,11-12,14H,9-10H2,1H3,(H,27,31)(H,29,30). The smallest absolute Gasteiger partial charge is 0.412 e. The number of anilines is 1. The van der Waals surface area contributed by atoms with Gasteiger partial charge in [-0.1, -0.05) is 30.3 Å². The Morgan fingerprint density at radius 2 is 1.91 bits per heavy atom. The molecule has 1 amide bonds. The molecule has 174 valence electrons. The second-order valence-electron chi connectivity index (χ2n) is 8.02. The molecule has 0 saturated heterocycles. The molecule has 0 aliphatic heterocycles. The third kappa shape index (κ3) is 4.52. The lowest BCUT2D eigenvalue weighted by Crippen LogP contribution is -2.17. The number of aromatic nitrogens is 1. The third-order valence-corrected chi connectivity index (χ3v) is 8.89. The van der Waals surface area contributed by atoms with Crippen molar-refractivity contribution in [2.75, 3.05) is 5.32 Å². The van der Waals surface area contributed by atoms with Crippen molar-refractivity contribution in [1.29, 1.82) is 5.26 Å². The Kier molecular flexibility index (Phi) is 6.03. The summed E-state index contributed by atoms with van der Waals surface area (Å²) in [5, 5.41) is 21.6. The molecule has 1 aliphatic rings. The van der Waals surface area contributed by atoms with Crippen molar-refractivity contribution in [3.05, 3.63) is 68.4 Å². The van der Waals surface area contributed by atoms with Crippen molar-refractivity contribution in [2.24, 2.45) is 0 Å². The van der Waals surface area contributed by atoms with Crippen LogP contribution in [0.4, 0.5) is 10.5 Å². The number of aliphatic carboxylic acids is 1. The van der Waals surface area contributed by atoms with E-state index in [4.69, 9.17) is 4.74 Å². The molecular weight excluding hydrogens is 502 g/mol. The Morgan fingerprint density at radius 3 is 2.57 bits per heavy atom. The maximum absolute atomic E-state index is 12.5. The van der Waals surface area contributed by atoms with E-state index in [9.17, 15) is 20.0 Å². The number of benzene rings is 1. The number of nitrogens with one attached hydrogen (secondary N) is 1. The first-order chi connectivity index (χ1) is 16.9. The Labute approximate surface area is 212 Å². The first-order valence-electron chi connectivity index (χ1n) is 10.6. The van der Waals surface area contributed by atoms with Crippen molar-refractivity contribution < 1.29 is 19.4 Å². The topological polar surface area (TPSA) is 112 Å². The predicted molar refractivity (Wildman–Crippen MR) is 136 cm³/mol. The number of amides is 1. The normalized spacial score (nSPS) is 14.4. The molecule has 0 spiro atoms. The van der Waals surface area contributed by atoms with Gasteiger partial charge in [0.1, 0.15) is 28.2 Å². The van der Waals surface area contributed by atoms with Gasteiger partial charge in [0.2, 0.25) is 0 Å². The van der Waals surface area contributed by atoms with Gasteiger partial charge in [-0.15, -0.1) is 22.7 Å². The van der Waals surface area contributed by atoms with Gasteiger partial charge in [0.25, 0.3) is 0 Å². The fourth-order valence-electron chi connectivity index (χ4n) is 3.59. The summed E-state index contributed by atoms with van der Waals surface area (Å²) in [6.45, 7) is 1.77. The summed E-state index contributed by atoms with van der Waals surface area (Å²) < 4.78 is 11.5. The van der Waals surface area contributed by atoms with Crippen LogP contribution in [-0.4, -0.2) is 21.5 Å². The minimum atomic E-state index is -0.762. The Hall–Kier alpha value is -3.70. The zero-order valence-electron chi connectivity index (χ0n) is 18.3. The highest BCUT2D eigenvalue weighted by Gasteiger charge is 2.53. The van der Waals surface area contributed by atoms with E-state index in [1.165, 1.54) is 22.7 Å². The van der Waals surface area contributed by atoms with Crippen LogP contribution >= 0.6 is 34.2 Å². The number of carbonyl (C=O) groups excluding carboxylic acids is 1. The zero-order chi connectivity index (χ0) is 24.6. The van der Waals surface area contributed by atoms with Crippen molar-refractivity contribution in [1.82, 2.24) is 4.37 Å². The summed E-state index contributed by atoms with van der Waals surface area (Å²) in [6.07, 6.45) is 0.190. The number of ether oxygens (including phenoxy) is 1. The number of carboxylic acids is 1. The third-order valence-electron chi connectivity index (χ3n) is 5.72. The van der Waals surface area contributed by atoms with Crippen LogP contribution in [0.3, 0.4) is 0 Å². The molecule has 1 fully saturated rings. The number of nitrogens with zero attached hydrogens (tertiary/aromatic N) is 2. The largest absolute Gasteiger partial charge is 0.481 e. The fourth-order valence-corrected chi connectivity index (χ4v) is 6.73. The lowest BCUT2D eigenvalue weighted by atomic mass is 10.1. The van der Waals surface area contributed by atoms with Crippen LogP contribution in [0.25, 0.3) is 9.40 Å². The molecule has 0 radical (unpaired) electrons. The number of hydrogen-bond acceptors (Lipinski definition) is 8. The summed E-state index contributed by atoms with van der Waals surface area (Å²) in [4.78, 5) is 26.2. The Morgan fingerprint density at radius 1 is 1.17 bits per heavy atom. The highest BCUT2D eigenvalue weighted by Crippen LogP contribution is 2.52. The molecule has 0 bridgehead atoms. The van der Waals surface area contributed by atoms with E-state index in [-0.39, 0.29) is 11.4 Å². The molecule has 7 nitrogen and oxygen atoms in total. The van der Waals surface area contributed by atoms with Gasteiger partial charge in [-0.3, -0.25) is 10.1 Å². The van der Waals surface area contributed by atoms with Crippen LogP contribution in [-0.2, 0) is 14.9 Å². The Balaban J connectivity index is 1.33. The number of fused-ring (bicyclic) bond motifs is 1. The van der Waals surface area contributed by atoms with Gasteiger partial charge in [0, 0.05) is 14.3 Å². The average molecular weight is 520 g/mol. The predicted octanol–water partition coefficient (Wildman–Crippen LogP) is 6.12. The number of carboxylic acid groups (broad SMARTS) is 1. The van der Waals surface area contributed by atoms with Gasteiger partial charge in [-0.2, -0.15) is 9.64 Å². The average Bonchev–Trinajstić information content (AvgIpc) is 3.24. The lowest BCUT2D eigenvalue weighted by Gasteiger charge is -2.13. The number of nitriles is 1. The maximum Gasteiger partial charge on any atom is 0.412 e. The molecule has 1 aromatic carbocycles. The summed E-state index contributed by atoms with van der Waals surface area (Å²) in [5.41, 5.74) is 0.443. The van der Waals surface area contributed by atoms with Gasteiger partial charge in [0.05, 0.1) is 4.88 Å². The van der Waals surface area contributed by atoms with E-state index < -0.39 is 23.6 Å². The van der Waals surface area contributed by atoms with E-state index in [0.717, 1.165) is 36.3 Å². The monoisotopic (exact) mass is 519 g/mol. The first kappa shape index (κ1) is 23.1. The van der Waals surface area contributed by atoms with Crippen LogP contribution < -0.4 is 5.32 Å². The summed E-state index contributed by atoms with van der Waals surface area (Å²) in [7, 11) is 0. The van der Waals surface area contributed by atoms with Gasteiger partial charge in [-0.05, 0) is 60.8 Å². The minimum Gasteiger partial charge on any atom is -0.481 e. The number of thiophene rings is 2. The van der Waals surface area contributed by atoms with E-state index in [2.05, 4.69) is 21.5 Å². The molecule has 1 saturated carbocycles.